The smallest absolute Gasteiger partial charge is 0.342 e. The van der Waals surface area contributed by atoms with Crippen LogP contribution in [0, 0.1) is 0 Å². The molecule has 88 valence electrons. The number of esters is 1. The summed E-state index contributed by atoms with van der Waals surface area (Å²) in [6, 6.07) is 0. The Kier molecular flexibility index (Phi) is 3.12. The first kappa shape index (κ1) is 11.4. The predicted octanol–water partition coefficient (Wildman–Crippen LogP) is 1.04. The van der Waals surface area contributed by atoms with Crippen LogP contribution in [-0.4, -0.2) is 28.4 Å². The molecule has 2 N–H and O–H groups in total. The van der Waals surface area contributed by atoms with Gasteiger partial charge >= 0.3 is 5.97 Å². The number of allylic oxidation sites excluding steroid dienone is 2. The molecule has 2 aliphatic rings. The molecule has 0 aromatic carbocycles. The molecule has 1 heterocycles. The van der Waals surface area contributed by atoms with E-state index < -0.39 is 18.2 Å². The maximum Gasteiger partial charge on any atom is 0.342 e. The van der Waals surface area contributed by atoms with Crippen LogP contribution in [0.25, 0.3) is 0 Å². The standard InChI is InChI=1S/C12H16O4/c1-2-3-4-9-7-5-6-8(13)11(14)10(7)12(15)16-9/h4,8,11,13-14H,2-3,5-6H2,1H3/b9-4+/t8-,11-/m1/s1. The Labute approximate surface area is 94.2 Å². The van der Waals surface area contributed by atoms with E-state index in [1.54, 1.807) is 0 Å². The van der Waals surface area contributed by atoms with Gasteiger partial charge in [-0.1, -0.05) is 13.3 Å². The summed E-state index contributed by atoms with van der Waals surface area (Å²) in [5, 5.41) is 19.2. The van der Waals surface area contributed by atoms with Crippen LogP contribution >= 0.6 is 0 Å². The van der Waals surface area contributed by atoms with E-state index in [9.17, 15) is 15.0 Å². The Morgan fingerprint density at radius 2 is 2.25 bits per heavy atom. The lowest BCUT2D eigenvalue weighted by Gasteiger charge is -2.22. The van der Waals surface area contributed by atoms with Crippen molar-refractivity contribution < 1.29 is 19.7 Å². The molecule has 4 nitrogen and oxygen atoms in total. The Bertz CT molecular complexity index is 367. The van der Waals surface area contributed by atoms with E-state index in [4.69, 9.17) is 4.74 Å². The second-order valence-corrected chi connectivity index (χ2v) is 4.19. The van der Waals surface area contributed by atoms with E-state index in [1.165, 1.54) is 0 Å². The predicted molar refractivity (Wildman–Crippen MR) is 57.4 cm³/mol. The van der Waals surface area contributed by atoms with Gasteiger partial charge in [0.1, 0.15) is 11.9 Å². The Hall–Kier alpha value is -1.13. The SMILES string of the molecule is CCC/C=C1/OC(=O)C2=C1CC[C@@H](O)[C@H]2O. The third kappa shape index (κ3) is 1.79. The summed E-state index contributed by atoms with van der Waals surface area (Å²) < 4.78 is 5.11. The van der Waals surface area contributed by atoms with Crippen molar-refractivity contribution in [1.29, 1.82) is 0 Å². The van der Waals surface area contributed by atoms with E-state index in [-0.39, 0.29) is 5.57 Å². The van der Waals surface area contributed by atoms with Gasteiger partial charge in [0, 0.05) is 5.57 Å². The van der Waals surface area contributed by atoms with Gasteiger partial charge in [0.15, 0.2) is 0 Å². The molecular weight excluding hydrogens is 208 g/mol. The second-order valence-electron chi connectivity index (χ2n) is 4.19. The van der Waals surface area contributed by atoms with Gasteiger partial charge < -0.3 is 14.9 Å². The lowest BCUT2D eigenvalue weighted by atomic mass is 9.87. The molecule has 16 heavy (non-hydrogen) atoms. The summed E-state index contributed by atoms with van der Waals surface area (Å²) in [6.45, 7) is 2.04. The highest BCUT2D eigenvalue weighted by molar-refractivity contribution is 5.96. The van der Waals surface area contributed by atoms with Gasteiger partial charge in [0.2, 0.25) is 0 Å². The zero-order chi connectivity index (χ0) is 11.7. The van der Waals surface area contributed by atoms with E-state index >= 15 is 0 Å². The van der Waals surface area contributed by atoms with Crippen molar-refractivity contribution in [3.05, 3.63) is 23.0 Å². The fraction of sp³-hybridized carbons (Fsp3) is 0.583. The topological polar surface area (TPSA) is 66.8 Å². The van der Waals surface area contributed by atoms with Gasteiger partial charge in [-0.15, -0.1) is 0 Å². The summed E-state index contributed by atoms with van der Waals surface area (Å²) >= 11 is 0. The monoisotopic (exact) mass is 224 g/mol. The number of unbranched alkanes of at least 4 members (excludes halogenated alkanes) is 1. The number of ether oxygens (including phenoxy) is 1. The highest BCUT2D eigenvalue weighted by atomic mass is 16.5. The van der Waals surface area contributed by atoms with E-state index in [2.05, 4.69) is 0 Å². The molecule has 2 atom stereocenters. The highest BCUT2D eigenvalue weighted by Gasteiger charge is 2.40. The van der Waals surface area contributed by atoms with E-state index in [1.807, 2.05) is 13.0 Å². The third-order valence-electron chi connectivity index (χ3n) is 3.01. The molecule has 0 spiro atoms. The molecule has 0 amide bonds. The lowest BCUT2D eigenvalue weighted by molar-refractivity contribution is -0.135. The lowest BCUT2D eigenvalue weighted by Crippen LogP contribution is -2.33. The average molecular weight is 224 g/mol. The Morgan fingerprint density at radius 1 is 1.50 bits per heavy atom. The summed E-state index contributed by atoms with van der Waals surface area (Å²) in [4.78, 5) is 11.5. The Morgan fingerprint density at radius 3 is 2.94 bits per heavy atom. The first-order chi connectivity index (χ1) is 7.65. The number of hydrogen-bond acceptors (Lipinski definition) is 4. The fourth-order valence-corrected chi connectivity index (χ4v) is 2.11. The molecular formula is C12H16O4. The largest absolute Gasteiger partial charge is 0.423 e. The van der Waals surface area contributed by atoms with Crippen LogP contribution in [-0.2, 0) is 9.53 Å². The second kappa shape index (κ2) is 4.39. The van der Waals surface area contributed by atoms with Crippen molar-refractivity contribution in [1.82, 2.24) is 0 Å². The number of aliphatic hydroxyl groups is 2. The number of hydrogen-bond donors (Lipinski definition) is 2. The number of aliphatic hydroxyl groups excluding tert-OH is 2. The quantitative estimate of drug-likeness (QED) is 0.688. The molecule has 0 unspecified atom stereocenters. The molecule has 0 saturated carbocycles. The minimum absolute atomic E-state index is 0.251. The van der Waals surface area contributed by atoms with Crippen molar-refractivity contribution in [2.75, 3.05) is 0 Å². The fourth-order valence-electron chi connectivity index (χ4n) is 2.11. The molecule has 0 saturated heterocycles. The van der Waals surface area contributed by atoms with Gasteiger partial charge in [0.05, 0.1) is 11.7 Å². The van der Waals surface area contributed by atoms with Crippen molar-refractivity contribution in [3.63, 3.8) is 0 Å². The minimum atomic E-state index is -1.09. The maximum atomic E-state index is 11.5. The van der Waals surface area contributed by atoms with Crippen molar-refractivity contribution in [2.45, 2.75) is 44.8 Å². The van der Waals surface area contributed by atoms with Crippen LogP contribution < -0.4 is 0 Å². The van der Waals surface area contributed by atoms with Gasteiger partial charge in [0.25, 0.3) is 0 Å². The van der Waals surface area contributed by atoms with Crippen molar-refractivity contribution in [3.8, 4) is 0 Å². The molecule has 0 aromatic heterocycles. The number of cyclic esters (lactones) is 1. The zero-order valence-corrected chi connectivity index (χ0v) is 9.27. The van der Waals surface area contributed by atoms with Gasteiger partial charge in [-0.05, 0) is 25.3 Å². The summed E-state index contributed by atoms with van der Waals surface area (Å²) in [6.07, 6.45) is 2.83. The minimum Gasteiger partial charge on any atom is -0.423 e. The maximum absolute atomic E-state index is 11.5. The number of carbonyl (C=O) groups is 1. The van der Waals surface area contributed by atoms with Crippen molar-refractivity contribution >= 4 is 5.97 Å². The molecule has 2 rings (SSSR count). The Balaban J connectivity index is 2.31. The molecule has 4 heteroatoms. The van der Waals surface area contributed by atoms with Gasteiger partial charge in [-0.25, -0.2) is 4.79 Å². The van der Waals surface area contributed by atoms with Crippen molar-refractivity contribution in [2.24, 2.45) is 0 Å². The molecule has 0 radical (unpaired) electrons. The average Bonchev–Trinajstić information content (AvgIpc) is 2.58. The van der Waals surface area contributed by atoms with Gasteiger partial charge in [-0.3, -0.25) is 0 Å². The van der Waals surface area contributed by atoms with Crippen LogP contribution in [0.2, 0.25) is 0 Å². The normalized spacial score (nSPS) is 31.9. The van der Waals surface area contributed by atoms with Crippen LogP contribution in [0.5, 0.6) is 0 Å². The molecule has 1 aliphatic heterocycles. The summed E-state index contributed by atoms with van der Waals surface area (Å²) in [5.74, 6) is 0.0661. The number of rotatable bonds is 2. The molecule has 0 aromatic rings. The van der Waals surface area contributed by atoms with Crippen LogP contribution in [0.15, 0.2) is 23.0 Å². The molecule has 0 fully saturated rings. The van der Waals surface area contributed by atoms with E-state index in [0.29, 0.717) is 18.6 Å². The molecule has 0 bridgehead atoms. The van der Waals surface area contributed by atoms with Crippen LogP contribution in [0.1, 0.15) is 32.6 Å². The first-order valence-corrected chi connectivity index (χ1v) is 5.67. The third-order valence-corrected chi connectivity index (χ3v) is 3.01. The van der Waals surface area contributed by atoms with Crippen LogP contribution in [0.3, 0.4) is 0 Å². The number of carbonyl (C=O) groups excluding carboxylic acids is 1. The van der Waals surface area contributed by atoms with E-state index in [0.717, 1.165) is 18.4 Å². The molecule has 1 aliphatic carbocycles. The van der Waals surface area contributed by atoms with Crippen LogP contribution in [0.4, 0.5) is 0 Å². The van der Waals surface area contributed by atoms with Gasteiger partial charge in [-0.2, -0.15) is 0 Å². The zero-order valence-electron chi connectivity index (χ0n) is 9.27. The first-order valence-electron chi connectivity index (χ1n) is 5.67. The highest BCUT2D eigenvalue weighted by Crippen LogP contribution is 2.37. The summed E-state index contributed by atoms with van der Waals surface area (Å²) in [5.41, 5.74) is 1.03. The summed E-state index contributed by atoms with van der Waals surface area (Å²) in [7, 11) is 0.